The van der Waals surface area contributed by atoms with Gasteiger partial charge >= 0.3 is 11.6 Å². The number of hydrogen-bond donors (Lipinski definition) is 3. The smallest absolute Gasteiger partial charge is 0.509 e. The van der Waals surface area contributed by atoms with Gasteiger partial charge in [0.15, 0.2) is 0 Å². The summed E-state index contributed by atoms with van der Waals surface area (Å²) in [6.07, 6.45) is 5.47. The number of rotatable bonds is 7. The van der Waals surface area contributed by atoms with Gasteiger partial charge in [0.1, 0.15) is 11.5 Å². The van der Waals surface area contributed by atoms with Crippen LogP contribution in [0.3, 0.4) is 0 Å². The van der Waals surface area contributed by atoms with Gasteiger partial charge in [-0.2, -0.15) is 0 Å². The van der Waals surface area contributed by atoms with E-state index >= 15 is 0 Å². The summed E-state index contributed by atoms with van der Waals surface area (Å²) in [6, 6.07) is 11.6. The minimum atomic E-state index is -0.793. The third-order valence-corrected chi connectivity index (χ3v) is 11.7. The Morgan fingerprint density at radius 3 is 1.64 bits per heavy atom. The van der Waals surface area contributed by atoms with E-state index in [1.807, 2.05) is 50.2 Å². The van der Waals surface area contributed by atoms with Gasteiger partial charge in [0.05, 0.1) is 47.6 Å². The number of hydrogen-bond acceptors (Lipinski definition) is 10. The normalized spacial score (nSPS) is 24.4. The molecule has 2 heterocycles. The molecule has 0 bridgehead atoms. The van der Waals surface area contributed by atoms with Crippen LogP contribution in [0.4, 0.5) is 9.59 Å². The first-order chi connectivity index (χ1) is 26.1. The van der Waals surface area contributed by atoms with Crippen molar-refractivity contribution in [1.82, 2.24) is 10.6 Å². The predicted molar refractivity (Wildman–Crippen MR) is 215 cm³/mol. The molecule has 2 spiro atoms. The minimum absolute atomic E-state index is 0.145. The Morgan fingerprint density at radius 1 is 0.764 bits per heavy atom. The first-order valence-corrected chi connectivity index (χ1v) is 20.2. The van der Waals surface area contributed by atoms with E-state index in [1.165, 1.54) is 0 Å². The van der Waals surface area contributed by atoms with Crippen LogP contribution in [0.25, 0.3) is 11.1 Å². The number of aliphatic hydroxyl groups is 1. The molecule has 0 radical (unpaired) electrons. The number of aliphatic hydroxyl groups excluding tert-OH is 1. The van der Waals surface area contributed by atoms with Crippen molar-refractivity contribution in [2.24, 2.45) is 0 Å². The molecule has 2 aliphatic carbocycles. The topological polar surface area (TPSA) is 159 Å². The highest BCUT2D eigenvalue weighted by Gasteiger charge is 2.51. The highest BCUT2D eigenvalue weighted by atomic mass is 79.9. The molecule has 0 saturated heterocycles. The van der Waals surface area contributed by atoms with Crippen LogP contribution in [0.5, 0.6) is 0 Å². The third kappa shape index (κ3) is 10.5. The van der Waals surface area contributed by atoms with Gasteiger partial charge in [0.25, 0.3) is 11.8 Å². The maximum atomic E-state index is 13.0. The Kier molecular flexibility index (Phi) is 15.8. The van der Waals surface area contributed by atoms with E-state index in [4.69, 9.17) is 30.5 Å². The molecule has 2 aromatic rings. The molecule has 2 fully saturated rings. The minimum Gasteiger partial charge on any atom is -0.509 e. The van der Waals surface area contributed by atoms with Gasteiger partial charge in [-0.25, -0.2) is 9.59 Å². The summed E-state index contributed by atoms with van der Waals surface area (Å²) in [4.78, 5) is 47.2. The molecule has 12 nitrogen and oxygen atoms in total. The second kappa shape index (κ2) is 19.6. The summed E-state index contributed by atoms with van der Waals surface area (Å²) in [5.41, 5.74) is 2.22. The number of methoxy groups -OCH3 is 2. The number of amides is 2. The Bertz CT molecular complexity index is 1810. The van der Waals surface area contributed by atoms with Crippen molar-refractivity contribution in [2.45, 2.75) is 102 Å². The van der Waals surface area contributed by atoms with Crippen LogP contribution in [0.15, 0.2) is 56.9 Å². The fourth-order valence-corrected chi connectivity index (χ4v) is 8.37. The maximum Gasteiger partial charge on any atom is 0.513 e. The van der Waals surface area contributed by atoms with E-state index in [2.05, 4.69) is 47.2 Å². The molecule has 2 saturated carbocycles. The predicted octanol–water partition coefficient (Wildman–Crippen LogP) is 8.97. The van der Waals surface area contributed by atoms with E-state index < -0.39 is 22.7 Å². The zero-order valence-corrected chi connectivity index (χ0v) is 35.9. The lowest BCUT2D eigenvalue weighted by atomic mass is 9.79. The molecule has 0 atom stereocenters. The Labute approximate surface area is 343 Å². The molecule has 4 aliphatic rings. The average Bonchev–Trinajstić information content (AvgIpc) is 3.54. The van der Waals surface area contributed by atoms with Gasteiger partial charge in [-0.1, -0.05) is 55.1 Å². The van der Waals surface area contributed by atoms with Crippen LogP contribution in [-0.2, 0) is 33.3 Å². The van der Waals surface area contributed by atoms with Crippen LogP contribution < -0.4 is 10.6 Å². The van der Waals surface area contributed by atoms with Crippen molar-refractivity contribution >= 4 is 78.0 Å². The SMILES string of the molecule is CCOC(=O)Cl.CCOC(=O)OC1=C(c2cc(C)ccc2Br)C(=O)NC12CCC(OC)CC2.COC1CCC2(CC1)NC(=O)C(c1cc(C)ccc1Br)=C2O. The van der Waals surface area contributed by atoms with Gasteiger partial charge in [0, 0.05) is 45.9 Å². The zero-order chi connectivity index (χ0) is 40.5. The zero-order valence-electron chi connectivity index (χ0n) is 31.9. The van der Waals surface area contributed by atoms with Crippen molar-refractivity contribution in [3.63, 3.8) is 0 Å². The number of nitrogens with one attached hydrogen (secondary N) is 2. The first kappa shape index (κ1) is 44.3. The summed E-state index contributed by atoms with van der Waals surface area (Å²) in [7, 11) is 3.40. The average molecular weight is 913 g/mol. The molecule has 15 heteroatoms. The summed E-state index contributed by atoms with van der Waals surface area (Å²) in [5.74, 6) is 0.0984. The Hall–Kier alpha value is -3.43. The van der Waals surface area contributed by atoms with Crippen LogP contribution in [-0.4, -0.2) is 79.2 Å². The van der Waals surface area contributed by atoms with Gasteiger partial charge < -0.3 is 39.4 Å². The molecular weight excluding hydrogens is 864 g/mol. The molecule has 2 aliphatic heterocycles. The second-order valence-corrected chi connectivity index (χ2v) is 15.8. The highest BCUT2D eigenvalue weighted by molar-refractivity contribution is 9.10. The quantitative estimate of drug-likeness (QED) is 0.181. The molecule has 0 unspecified atom stereocenters. The van der Waals surface area contributed by atoms with E-state index in [9.17, 15) is 24.3 Å². The largest absolute Gasteiger partial charge is 0.513 e. The monoisotopic (exact) mass is 910 g/mol. The second-order valence-electron chi connectivity index (χ2n) is 13.8. The van der Waals surface area contributed by atoms with Crippen LogP contribution in [0, 0.1) is 13.8 Å². The van der Waals surface area contributed by atoms with Crippen molar-refractivity contribution in [1.29, 1.82) is 0 Å². The molecule has 3 N–H and O–H groups in total. The number of carbonyl (C=O) groups excluding carboxylic acids is 4. The van der Waals surface area contributed by atoms with Crippen molar-refractivity contribution in [2.75, 3.05) is 27.4 Å². The van der Waals surface area contributed by atoms with E-state index in [0.29, 0.717) is 54.8 Å². The van der Waals surface area contributed by atoms with E-state index in [0.717, 1.165) is 51.3 Å². The molecule has 2 aromatic carbocycles. The van der Waals surface area contributed by atoms with Crippen molar-refractivity contribution in [3.8, 4) is 0 Å². The standard InChI is InChI=1S/C20H24BrNO5.C17H20BrNO3.C3H5ClO2/c1-4-26-19(24)27-17-16(14-11-12(2)5-6-15(14)21)18(23)22-20(17)9-7-13(25-3)8-10-20;1-10-3-4-13(18)12(9-10)14-15(20)17(19-16(14)21)7-5-11(22-2)6-8-17;1-2-6-3(4)5/h5-6,11,13H,4,7-10H2,1-3H3,(H,22,23);3-4,9,11,20H,5-8H2,1-2H3,(H,19,21);2H2,1H3. The van der Waals surface area contributed by atoms with Crippen LogP contribution >= 0.6 is 43.5 Å². The van der Waals surface area contributed by atoms with Gasteiger partial charge in [-0.3, -0.25) is 9.59 Å². The maximum absolute atomic E-state index is 13.0. The fourth-order valence-electron chi connectivity index (χ4n) is 7.37. The number of aryl methyl sites for hydroxylation is 2. The Morgan fingerprint density at radius 2 is 1.20 bits per heavy atom. The van der Waals surface area contributed by atoms with Gasteiger partial charge in [0.2, 0.25) is 0 Å². The Balaban J connectivity index is 0.000000216. The summed E-state index contributed by atoms with van der Waals surface area (Å²) >= 11 is 11.7. The molecule has 55 heavy (non-hydrogen) atoms. The number of ether oxygens (including phenoxy) is 5. The van der Waals surface area contributed by atoms with Crippen molar-refractivity contribution < 1.29 is 48.0 Å². The number of halogens is 3. The van der Waals surface area contributed by atoms with E-state index in [1.54, 1.807) is 28.1 Å². The lowest BCUT2D eigenvalue weighted by Crippen LogP contribution is -2.49. The molecule has 6 rings (SSSR count). The van der Waals surface area contributed by atoms with Crippen molar-refractivity contribution in [3.05, 3.63) is 79.1 Å². The molecule has 0 aromatic heterocycles. The van der Waals surface area contributed by atoms with Gasteiger partial charge in [-0.05, 0) is 103 Å². The molecule has 2 amide bonds. The summed E-state index contributed by atoms with van der Waals surface area (Å²) in [6.45, 7) is 7.89. The lowest BCUT2D eigenvalue weighted by molar-refractivity contribution is -0.117. The van der Waals surface area contributed by atoms with E-state index in [-0.39, 0.29) is 36.4 Å². The van der Waals surface area contributed by atoms with Crippen LogP contribution in [0.2, 0.25) is 0 Å². The first-order valence-electron chi connectivity index (χ1n) is 18.2. The highest BCUT2D eigenvalue weighted by Crippen LogP contribution is 2.46. The van der Waals surface area contributed by atoms with Crippen LogP contribution in [0.1, 0.15) is 87.5 Å². The van der Waals surface area contributed by atoms with Gasteiger partial charge in [-0.15, -0.1) is 0 Å². The molecular formula is C40H49Br2ClN2O10. The summed E-state index contributed by atoms with van der Waals surface area (Å²) < 4.78 is 27.2. The number of benzene rings is 2. The summed E-state index contributed by atoms with van der Waals surface area (Å²) in [5, 5.41) is 16.9. The third-order valence-electron chi connectivity index (χ3n) is 10.2. The number of carbonyl (C=O) groups is 4. The fraction of sp³-hybridized carbons (Fsp3) is 0.500. The lowest BCUT2D eigenvalue weighted by Gasteiger charge is -2.37. The molecule has 300 valence electrons.